The minimum absolute atomic E-state index is 0.0837. The molecule has 0 radical (unpaired) electrons. The number of nitrogens with zero attached hydrogens (tertiary/aromatic N) is 4. The van der Waals surface area contributed by atoms with Crippen LogP contribution in [0.5, 0.6) is 5.75 Å². The Labute approximate surface area is 249 Å². The van der Waals surface area contributed by atoms with Crippen LogP contribution >= 0.6 is 0 Å². The smallest absolute Gasteiger partial charge is 0.416 e. The van der Waals surface area contributed by atoms with Gasteiger partial charge in [-0.3, -0.25) is 14.4 Å². The van der Waals surface area contributed by atoms with Crippen LogP contribution in [-0.4, -0.2) is 77.7 Å². The predicted octanol–water partition coefficient (Wildman–Crippen LogP) is 3.52. The summed E-state index contributed by atoms with van der Waals surface area (Å²) in [6, 6.07) is 9.23. The molecule has 0 saturated heterocycles. The number of anilines is 1. The lowest BCUT2D eigenvalue weighted by atomic mass is 10.0. The van der Waals surface area contributed by atoms with Gasteiger partial charge in [0, 0.05) is 50.0 Å². The quantitative estimate of drug-likeness (QED) is 0.375. The zero-order chi connectivity index (χ0) is 31.5. The maximum Gasteiger partial charge on any atom is 0.416 e. The second kappa shape index (κ2) is 12.9. The monoisotopic (exact) mass is 623 g/mol. The van der Waals surface area contributed by atoms with Gasteiger partial charge < -0.3 is 19.3 Å². The van der Waals surface area contributed by atoms with Crippen LogP contribution in [0, 0.1) is 5.92 Å². The number of benzene rings is 2. The number of aliphatic hydroxyl groups excluding tert-OH is 1. The molecule has 1 aliphatic heterocycles. The molecule has 1 amide bonds. The number of carbonyl (C=O) groups is 1. The Morgan fingerprint density at radius 1 is 1.21 bits per heavy atom. The van der Waals surface area contributed by atoms with Gasteiger partial charge in [0.2, 0.25) is 5.91 Å². The van der Waals surface area contributed by atoms with Gasteiger partial charge in [-0.15, -0.1) is 0 Å². The normalized spacial score (nSPS) is 18.8. The molecule has 0 fully saturated rings. The highest BCUT2D eigenvalue weighted by atomic mass is 32.2. The molecule has 2 heterocycles. The van der Waals surface area contributed by atoms with Crippen molar-refractivity contribution in [2.75, 3.05) is 31.5 Å². The van der Waals surface area contributed by atoms with E-state index in [9.17, 15) is 31.5 Å². The minimum Gasteiger partial charge on any atom is -0.488 e. The Balaban J connectivity index is 1.59. The average Bonchev–Trinajstić information content (AvgIpc) is 3.39. The Bertz CT molecular complexity index is 1530. The number of aliphatic hydroxyl groups is 1. The van der Waals surface area contributed by atoms with Gasteiger partial charge in [-0.1, -0.05) is 19.1 Å². The first-order valence-electron chi connectivity index (χ1n) is 13.7. The number of alkyl halides is 3. The fourth-order valence-electron chi connectivity index (χ4n) is 4.93. The number of halogens is 3. The Hall–Kier alpha value is -3.62. The van der Waals surface area contributed by atoms with E-state index in [0.29, 0.717) is 36.5 Å². The first kappa shape index (κ1) is 32.3. The van der Waals surface area contributed by atoms with E-state index in [0.717, 1.165) is 12.1 Å². The van der Waals surface area contributed by atoms with Gasteiger partial charge in [-0.25, -0.2) is 4.98 Å². The van der Waals surface area contributed by atoms with Crippen LogP contribution in [0.15, 0.2) is 60.0 Å². The van der Waals surface area contributed by atoms with E-state index in [1.165, 1.54) is 29.2 Å². The minimum atomic E-state index is -4.41. The number of imidazole rings is 1. The van der Waals surface area contributed by atoms with E-state index in [1.807, 2.05) is 18.9 Å². The van der Waals surface area contributed by atoms with Crippen molar-refractivity contribution < 1.29 is 36.2 Å². The molecule has 3 aromatic rings. The van der Waals surface area contributed by atoms with Crippen molar-refractivity contribution in [2.24, 2.45) is 13.0 Å². The van der Waals surface area contributed by atoms with Crippen LogP contribution in [0.3, 0.4) is 0 Å². The molecule has 3 atom stereocenters. The summed E-state index contributed by atoms with van der Waals surface area (Å²) in [6.45, 7) is 4.47. The molecule has 234 valence electrons. The van der Waals surface area contributed by atoms with Gasteiger partial charge in [0.05, 0.1) is 31.0 Å². The summed E-state index contributed by atoms with van der Waals surface area (Å²) in [6.07, 6.45) is -2.20. The molecule has 43 heavy (non-hydrogen) atoms. The molecule has 0 bridgehead atoms. The Kier molecular flexibility index (Phi) is 9.72. The molecule has 0 spiro atoms. The van der Waals surface area contributed by atoms with Crippen LogP contribution in [-0.2, 0) is 41.0 Å². The number of hydrogen-bond donors (Lipinski definition) is 2. The number of hydrogen-bond acceptors (Lipinski definition) is 7. The van der Waals surface area contributed by atoms with E-state index in [-0.39, 0.29) is 35.6 Å². The predicted molar refractivity (Wildman–Crippen MR) is 154 cm³/mol. The van der Waals surface area contributed by atoms with E-state index in [2.05, 4.69) is 9.71 Å². The van der Waals surface area contributed by atoms with Crippen LogP contribution in [0.25, 0.3) is 0 Å². The molecule has 1 aromatic heterocycles. The number of aryl methyl sites for hydroxylation is 1. The molecular formula is C29H36F3N5O5S. The van der Waals surface area contributed by atoms with Crippen molar-refractivity contribution in [3.05, 3.63) is 71.7 Å². The third-order valence-electron chi connectivity index (χ3n) is 7.35. The highest BCUT2D eigenvalue weighted by Crippen LogP contribution is 2.31. The highest BCUT2D eigenvalue weighted by molar-refractivity contribution is 7.92. The molecular weight excluding hydrogens is 587 g/mol. The topological polar surface area (TPSA) is 117 Å². The number of fused-ring (bicyclic) bond motifs is 1. The number of aromatic nitrogens is 2. The van der Waals surface area contributed by atoms with E-state index < -0.39 is 33.9 Å². The lowest BCUT2D eigenvalue weighted by molar-refractivity contribution is -0.137. The first-order valence-corrected chi connectivity index (χ1v) is 15.2. The number of nitrogens with one attached hydrogen (secondary N) is 1. The SMILES string of the molecule is C[C@H](CO)N1C[C@H](C)[C@H](CN(C)Cc2ccc(C(F)(F)F)cc2)Oc2ccc(NS(=O)(=O)c3cn(C)cn3)cc2CC1=O. The van der Waals surface area contributed by atoms with Gasteiger partial charge in [0.1, 0.15) is 11.9 Å². The molecule has 10 nitrogen and oxygen atoms in total. The van der Waals surface area contributed by atoms with Gasteiger partial charge in [-0.05, 0) is 49.9 Å². The van der Waals surface area contributed by atoms with Gasteiger partial charge >= 0.3 is 6.18 Å². The number of amides is 1. The van der Waals surface area contributed by atoms with E-state index in [4.69, 9.17) is 4.74 Å². The van der Waals surface area contributed by atoms with E-state index in [1.54, 1.807) is 37.1 Å². The molecule has 0 aliphatic carbocycles. The van der Waals surface area contributed by atoms with Crippen molar-refractivity contribution in [2.45, 2.75) is 50.2 Å². The Morgan fingerprint density at radius 2 is 1.91 bits per heavy atom. The number of carbonyl (C=O) groups excluding carboxylic acids is 1. The lowest BCUT2D eigenvalue weighted by Crippen LogP contribution is -2.47. The fourth-order valence-corrected chi connectivity index (χ4v) is 5.96. The number of ether oxygens (including phenoxy) is 1. The zero-order valence-electron chi connectivity index (χ0n) is 24.4. The number of likely N-dealkylation sites (N-methyl/N-ethyl adjacent to an activating group) is 1. The lowest BCUT2D eigenvalue weighted by Gasteiger charge is -2.34. The molecule has 0 unspecified atom stereocenters. The summed E-state index contributed by atoms with van der Waals surface area (Å²) < 4.78 is 75.1. The van der Waals surface area contributed by atoms with Crippen LogP contribution in [0.2, 0.25) is 0 Å². The summed E-state index contributed by atoms with van der Waals surface area (Å²) in [4.78, 5) is 20.9. The van der Waals surface area contributed by atoms with Crippen molar-refractivity contribution in [1.29, 1.82) is 0 Å². The zero-order valence-corrected chi connectivity index (χ0v) is 25.2. The standard InChI is InChI=1S/C29H36F3N5O5S/c1-19-13-37(20(2)17-38)28(39)12-22-11-24(34-43(40,41)27-16-36(4)18-33-27)9-10-25(22)42-26(19)15-35(3)14-21-5-7-23(8-6-21)29(30,31)32/h5-11,16,18-20,26,34,38H,12-15,17H2,1-4H3/t19-,20+,26-/m0/s1. The fraction of sp³-hybridized carbons (Fsp3) is 0.448. The van der Waals surface area contributed by atoms with Gasteiger partial charge in [-0.2, -0.15) is 21.6 Å². The maximum absolute atomic E-state index is 13.4. The summed E-state index contributed by atoms with van der Waals surface area (Å²) in [5.41, 5.74) is 0.673. The molecule has 2 aromatic carbocycles. The van der Waals surface area contributed by atoms with Gasteiger partial charge in [0.15, 0.2) is 5.03 Å². The molecule has 4 rings (SSSR count). The average molecular weight is 624 g/mol. The van der Waals surface area contributed by atoms with Crippen LogP contribution < -0.4 is 9.46 Å². The van der Waals surface area contributed by atoms with Gasteiger partial charge in [0.25, 0.3) is 10.0 Å². The third-order valence-corrected chi connectivity index (χ3v) is 8.62. The van der Waals surface area contributed by atoms with Crippen LogP contribution in [0.1, 0.15) is 30.5 Å². The summed E-state index contributed by atoms with van der Waals surface area (Å²) in [5.74, 6) is -0.0320. The van der Waals surface area contributed by atoms with Crippen molar-refractivity contribution in [1.82, 2.24) is 19.4 Å². The van der Waals surface area contributed by atoms with E-state index >= 15 is 0 Å². The largest absolute Gasteiger partial charge is 0.488 e. The highest BCUT2D eigenvalue weighted by Gasteiger charge is 2.32. The van der Waals surface area contributed by atoms with Crippen LogP contribution in [0.4, 0.5) is 18.9 Å². The molecule has 0 saturated carbocycles. The summed E-state index contributed by atoms with van der Waals surface area (Å²) >= 11 is 0. The van der Waals surface area contributed by atoms with Crippen molar-refractivity contribution in [3.8, 4) is 5.75 Å². The first-order chi connectivity index (χ1) is 20.2. The Morgan fingerprint density at radius 3 is 2.51 bits per heavy atom. The van der Waals surface area contributed by atoms with Crippen molar-refractivity contribution >= 4 is 21.6 Å². The number of rotatable bonds is 9. The summed E-state index contributed by atoms with van der Waals surface area (Å²) in [5, 5.41) is 9.70. The maximum atomic E-state index is 13.4. The van der Waals surface area contributed by atoms with Crippen molar-refractivity contribution in [3.63, 3.8) is 0 Å². The number of sulfonamides is 1. The molecule has 2 N–H and O–H groups in total. The second-order valence-corrected chi connectivity index (χ2v) is 12.7. The molecule has 1 aliphatic rings. The second-order valence-electron chi connectivity index (χ2n) is 11.1. The summed E-state index contributed by atoms with van der Waals surface area (Å²) in [7, 11) is -0.498. The third kappa shape index (κ3) is 8.06. The molecule has 14 heteroatoms.